The molecule has 0 N–H and O–H groups in total. The quantitative estimate of drug-likeness (QED) is 0.479. The number of rotatable bonds is 2. The standard InChI is InChI=1S/C7H10O4/c1-11-7(10)5-3-2-4(5)6(8)9/h4-5H,2-3H2,1H3,(H,8,9)/p-1. The summed E-state index contributed by atoms with van der Waals surface area (Å²) in [6.07, 6.45) is 1.13. The first-order valence-corrected chi connectivity index (χ1v) is 3.45. The Balaban J connectivity index is 2.49. The van der Waals surface area contributed by atoms with Crippen LogP contribution in [0.15, 0.2) is 0 Å². The van der Waals surface area contributed by atoms with Crippen molar-refractivity contribution in [3.05, 3.63) is 0 Å². The molecule has 0 spiro atoms. The summed E-state index contributed by atoms with van der Waals surface area (Å²) >= 11 is 0. The van der Waals surface area contributed by atoms with Gasteiger partial charge in [-0.25, -0.2) is 0 Å². The van der Waals surface area contributed by atoms with Gasteiger partial charge >= 0.3 is 5.97 Å². The highest BCUT2D eigenvalue weighted by molar-refractivity contribution is 5.81. The molecule has 62 valence electrons. The number of ether oxygens (including phenoxy) is 1. The Bertz CT molecular complexity index is 187. The Kier molecular flexibility index (Phi) is 2.12. The number of esters is 1. The minimum Gasteiger partial charge on any atom is -0.550 e. The van der Waals surface area contributed by atoms with Crippen molar-refractivity contribution in [2.45, 2.75) is 12.8 Å². The van der Waals surface area contributed by atoms with Crippen LogP contribution in [0.2, 0.25) is 0 Å². The van der Waals surface area contributed by atoms with Crippen LogP contribution in [0, 0.1) is 11.8 Å². The van der Waals surface area contributed by atoms with E-state index in [1.807, 2.05) is 0 Å². The highest BCUT2D eigenvalue weighted by atomic mass is 16.5. The molecule has 1 aliphatic carbocycles. The van der Waals surface area contributed by atoms with Crippen LogP contribution >= 0.6 is 0 Å². The topological polar surface area (TPSA) is 66.4 Å². The number of methoxy groups -OCH3 is 1. The third-order valence-electron chi connectivity index (χ3n) is 2.08. The highest BCUT2D eigenvalue weighted by Gasteiger charge is 2.37. The SMILES string of the molecule is COC(=O)C1CCC1C(=O)[O-]. The molecule has 1 aliphatic rings. The summed E-state index contributed by atoms with van der Waals surface area (Å²) in [5, 5.41) is 10.3. The molecule has 0 aliphatic heterocycles. The number of carboxylic acid groups (broad SMARTS) is 1. The van der Waals surface area contributed by atoms with Gasteiger partial charge in [0.2, 0.25) is 0 Å². The van der Waals surface area contributed by atoms with Crippen LogP contribution in [0.25, 0.3) is 0 Å². The summed E-state index contributed by atoms with van der Waals surface area (Å²) in [6.45, 7) is 0. The second kappa shape index (κ2) is 2.90. The normalized spacial score (nSPS) is 28.8. The minimum absolute atomic E-state index is 0.439. The third kappa shape index (κ3) is 1.34. The molecule has 4 nitrogen and oxygen atoms in total. The fourth-order valence-electron chi connectivity index (χ4n) is 1.22. The fraction of sp³-hybridized carbons (Fsp3) is 0.714. The monoisotopic (exact) mass is 157 g/mol. The first-order chi connectivity index (χ1) is 5.16. The zero-order valence-corrected chi connectivity index (χ0v) is 6.20. The van der Waals surface area contributed by atoms with E-state index in [-0.39, 0.29) is 0 Å². The lowest BCUT2D eigenvalue weighted by Gasteiger charge is -2.34. The lowest BCUT2D eigenvalue weighted by molar-refractivity contribution is -0.316. The zero-order chi connectivity index (χ0) is 8.43. The zero-order valence-electron chi connectivity index (χ0n) is 6.20. The van der Waals surface area contributed by atoms with E-state index in [9.17, 15) is 14.7 Å². The van der Waals surface area contributed by atoms with Gasteiger partial charge in [-0.05, 0) is 12.8 Å². The van der Waals surface area contributed by atoms with Crippen molar-refractivity contribution in [3.63, 3.8) is 0 Å². The molecule has 0 amide bonds. The van der Waals surface area contributed by atoms with E-state index in [1.165, 1.54) is 7.11 Å². The lowest BCUT2D eigenvalue weighted by atomic mass is 9.74. The minimum atomic E-state index is -1.15. The molecule has 0 bridgehead atoms. The summed E-state index contributed by atoms with van der Waals surface area (Å²) in [6, 6.07) is 0. The Labute approximate surface area is 64.2 Å². The van der Waals surface area contributed by atoms with Crippen molar-refractivity contribution >= 4 is 11.9 Å². The van der Waals surface area contributed by atoms with Gasteiger partial charge in [0.25, 0.3) is 0 Å². The van der Waals surface area contributed by atoms with Crippen molar-refractivity contribution < 1.29 is 19.4 Å². The first-order valence-electron chi connectivity index (χ1n) is 3.45. The summed E-state index contributed by atoms with van der Waals surface area (Å²) in [5.74, 6) is -2.68. The van der Waals surface area contributed by atoms with Crippen LogP contribution < -0.4 is 5.11 Å². The summed E-state index contributed by atoms with van der Waals surface area (Å²) in [5.41, 5.74) is 0. The van der Waals surface area contributed by atoms with Crippen LogP contribution in [-0.4, -0.2) is 19.0 Å². The Hall–Kier alpha value is -1.06. The van der Waals surface area contributed by atoms with Crippen LogP contribution in [0.1, 0.15) is 12.8 Å². The van der Waals surface area contributed by atoms with Gasteiger partial charge in [-0.3, -0.25) is 4.79 Å². The molecule has 0 saturated heterocycles. The second-order valence-electron chi connectivity index (χ2n) is 2.63. The fourth-order valence-corrected chi connectivity index (χ4v) is 1.22. The smallest absolute Gasteiger partial charge is 0.309 e. The molecule has 1 saturated carbocycles. The highest BCUT2D eigenvalue weighted by Crippen LogP contribution is 2.34. The van der Waals surface area contributed by atoms with Gasteiger partial charge in [0.1, 0.15) is 0 Å². The maximum Gasteiger partial charge on any atom is 0.309 e. The number of carboxylic acids is 1. The van der Waals surface area contributed by atoms with Crippen molar-refractivity contribution in [3.8, 4) is 0 Å². The van der Waals surface area contributed by atoms with E-state index in [4.69, 9.17) is 0 Å². The second-order valence-corrected chi connectivity index (χ2v) is 2.63. The van der Waals surface area contributed by atoms with Crippen molar-refractivity contribution in [2.75, 3.05) is 7.11 Å². The molecule has 0 aromatic carbocycles. The van der Waals surface area contributed by atoms with Gasteiger partial charge < -0.3 is 14.6 Å². The molecular weight excluding hydrogens is 148 g/mol. The number of carbonyl (C=O) groups excluding carboxylic acids is 2. The molecule has 1 fully saturated rings. The molecule has 2 unspecified atom stereocenters. The van der Waals surface area contributed by atoms with Crippen LogP contribution in [-0.2, 0) is 14.3 Å². The van der Waals surface area contributed by atoms with E-state index < -0.39 is 23.8 Å². The van der Waals surface area contributed by atoms with Gasteiger partial charge in [0.15, 0.2) is 0 Å². The number of hydrogen-bond donors (Lipinski definition) is 0. The summed E-state index contributed by atoms with van der Waals surface area (Å²) in [4.78, 5) is 21.1. The van der Waals surface area contributed by atoms with E-state index >= 15 is 0 Å². The van der Waals surface area contributed by atoms with E-state index in [1.54, 1.807) is 0 Å². The molecule has 2 atom stereocenters. The predicted octanol–water partition coefficient (Wildman–Crippen LogP) is -1.06. The van der Waals surface area contributed by atoms with Gasteiger partial charge in [-0.1, -0.05) is 0 Å². The molecule has 1 rings (SSSR count). The average Bonchev–Trinajstić information content (AvgIpc) is 1.83. The molecule has 0 heterocycles. The van der Waals surface area contributed by atoms with E-state index in [0.717, 1.165) is 0 Å². The molecule has 0 aromatic heterocycles. The Morgan fingerprint density at radius 2 is 1.91 bits per heavy atom. The van der Waals surface area contributed by atoms with E-state index in [2.05, 4.69) is 4.74 Å². The number of hydrogen-bond acceptors (Lipinski definition) is 4. The molecule has 4 heteroatoms. The Morgan fingerprint density at radius 1 is 1.36 bits per heavy atom. The number of carbonyl (C=O) groups is 2. The third-order valence-corrected chi connectivity index (χ3v) is 2.08. The van der Waals surface area contributed by atoms with Gasteiger partial charge in [-0.15, -0.1) is 0 Å². The van der Waals surface area contributed by atoms with Crippen LogP contribution in [0.5, 0.6) is 0 Å². The maximum absolute atomic E-state index is 10.8. The van der Waals surface area contributed by atoms with Gasteiger partial charge in [0, 0.05) is 11.9 Å². The first kappa shape index (κ1) is 8.04. The summed E-state index contributed by atoms with van der Waals surface area (Å²) < 4.78 is 4.40. The van der Waals surface area contributed by atoms with Crippen LogP contribution in [0.3, 0.4) is 0 Å². The number of aliphatic carboxylic acids is 1. The largest absolute Gasteiger partial charge is 0.550 e. The van der Waals surface area contributed by atoms with Gasteiger partial charge in [-0.2, -0.15) is 0 Å². The molecule has 11 heavy (non-hydrogen) atoms. The van der Waals surface area contributed by atoms with Crippen molar-refractivity contribution in [1.29, 1.82) is 0 Å². The lowest BCUT2D eigenvalue weighted by Crippen LogP contribution is -2.45. The average molecular weight is 157 g/mol. The molecular formula is C7H9O4-. The summed E-state index contributed by atoms with van der Waals surface area (Å²) in [7, 11) is 1.26. The van der Waals surface area contributed by atoms with Crippen molar-refractivity contribution in [1.82, 2.24) is 0 Å². The molecule has 0 aromatic rings. The maximum atomic E-state index is 10.8. The Morgan fingerprint density at radius 3 is 2.18 bits per heavy atom. The van der Waals surface area contributed by atoms with Gasteiger partial charge in [0.05, 0.1) is 13.0 Å². The van der Waals surface area contributed by atoms with Crippen molar-refractivity contribution in [2.24, 2.45) is 11.8 Å². The predicted molar refractivity (Wildman–Crippen MR) is 33.2 cm³/mol. The van der Waals surface area contributed by atoms with Crippen LogP contribution in [0.4, 0.5) is 0 Å². The molecule has 0 radical (unpaired) electrons. The van der Waals surface area contributed by atoms with E-state index in [0.29, 0.717) is 12.8 Å².